The molecule has 0 fully saturated rings. The summed E-state index contributed by atoms with van der Waals surface area (Å²) < 4.78 is 5.06. The van der Waals surface area contributed by atoms with Gasteiger partial charge in [-0.2, -0.15) is 0 Å². The van der Waals surface area contributed by atoms with Gasteiger partial charge in [0.2, 0.25) is 0 Å². The van der Waals surface area contributed by atoms with Crippen molar-refractivity contribution in [2.24, 2.45) is 5.73 Å². The normalized spacial score (nSPS) is 15.7. The molecule has 0 aliphatic rings. The highest BCUT2D eigenvalue weighted by Crippen LogP contribution is 2.22. The number of ether oxygens (including phenoxy) is 1. The van der Waals surface area contributed by atoms with Crippen LogP contribution < -0.4 is 5.73 Å². The zero-order chi connectivity index (χ0) is 9.84. The molecule has 0 amide bonds. The number of hydrogen-bond acceptors (Lipinski definition) is 4. The van der Waals surface area contributed by atoms with Gasteiger partial charge in [-0.15, -0.1) is 11.3 Å². The van der Waals surface area contributed by atoms with Gasteiger partial charge >= 0.3 is 0 Å². The van der Waals surface area contributed by atoms with Gasteiger partial charge in [0.1, 0.15) is 0 Å². The Balaban J connectivity index is 2.67. The quantitative estimate of drug-likeness (QED) is 0.807. The molecular weight excluding hydrogens is 184 g/mol. The second kappa shape index (κ2) is 4.69. The number of nitrogens with zero attached hydrogens (tertiary/aromatic N) is 1. The minimum atomic E-state index is 0.0275. The van der Waals surface area contributed by atoms with Crippen LogP contribution in [0, 0.1) is 0 Å². The van der Waals surface area contributed by atoms with Gasteiger partial charge < -0.3 is 10.5 Å². The summed E-state index contributed by atoms with van der Waals surface area (Å²) in [5, 5.41) is 3.13. The molecule has 0 spiro atoms. The van der Waals surface area contributed by atoms with E-state index < -0.39 is 0 Å². The zero-order valence-corrected chi connectivity index (χ0v) is 9.10. The molecule has 1 heterocycles. The Kier molecular flexibility index (Phi) is 3.84. The van der Waals surface area contributed by atoms with E-state index in [2.05, 4.69) is 11.9 Å². The second-order valence-electron chi connectivity index (χ2n) is 3.26. The van der Waals surface area contributed by atoms with Gasteiger partial charge in [0.05, 0.1) is 17.3 Å². The zero-order valence-electron chi connectivity index (χ0n) is 8.28. The molecule has 0 aliphatic heterocycles. The van der Waals surface area contributed by atoms with E-state index in [1.807, 2.05) is 12.3 Å². The maximum absolute atomic E-state index is 5.71. The molecule has 0 aliphatic carbocycles. The van der Waals surface area contributed by atoms with E-state index >= 15 is 0 Å². The molecule has 0 bridgehead atoms. The van der Waals surface area contributed by atoms with Crippen molar-refractivity contribution in [3.63, 3.8) is 0 Å². The number of nitrogens with two attached hydrogens (primary N) is 1. The Morgan fingerprint density at radius 2 is 2.31 bits per heavy atom. The molecule has 2 N–H and O–H groups in total. The molecule has 1 aromatic heterocycles. The van der Waals surface area contributed by atoms with E-state index in [1.54, 1.807) is 18.4 Å². The number of hydrogen-bond donors (Lipinski definition) is 1. The van der Waals surface area contributed by atoms with Crippen LogP contribution in [-0.2, 0) is 4.74 Å². The van der Waals surface area contributed by atoms with E-state index in [9.17, 15) is 0 Å². The molecule has 0 saturated carbocycles. The fourth-order valence-corrected chi connectivity index (χ4v) is 2.02. The Bertz CT molecular complexity index is 260. The van der Waals surface area contributed by atoms with Gasteiger partial charge in [-0.3, -0.25) is 0 Å². The number of methoxy groups -OCH3 is 1. The van der Waals surface area contributed by atoms with Crippen LogP contribution in [-0.4, -0.2) is 18.7 Å². The summed E-state index contributed by atoms with van der Waals surface area (Å²) in [5.74, 6) is 0.363. The molecule has 2 unspecified atom stereocenters. The van der Waals surface area contributed by atoms with Crippen molar-refractivity contribution in [1.29, 1.82) is 0 Å². The highest BCUT2D eigenvalue weighted by molar-refractivity contribution is 7.09. The molecule has 0 saturated heterocycles. The van der Waals surface area contributed by atoms with E-state index in [0.717, 1.165) is 10.7 Å². The summed E-state index contributed by atoms with van der Waals surface area (Å²) in [4.78, 5) is 4.44. The third kappa shape index (κ3) is 2.76. The Hall–Kier alpha value is -0.450. The predicted molar refractivity (Wildman–Crippen MR) is 55.0 cm³/mol. The first kappa shape index (κ1) is 10.6. The van der Waals surface area contributed by atoms with Gasteiger partial charge in [0, 0.05) is 24.4 Å². The third-order valence-electron chi connectivity index (χ3n) is 1.84. The highest BCUT2D eigenvalue weighted by Gasteiger charge is 2.11. The van der Waals surface area contributed by atoms with Crippen molar-refractivity contribution < 1.29 is 4.74 Å². The van der Waals surface area contributed by atoms with Gasteiger partial charge in [0.25, 0.3) is 0 Å². The number of thiazole rings is 1. The maximum Gasteiger partial charge on any atom is 0.0980 e. The second-order valence-corrected chi connectivity index (χ2v) is 4.15. The summed E-state index contributed by atoms with van der Waals surface area (Å²) in [6.45, 7) is 4.76. The van der Waals surface area contributed by atoms with Gasteiger partial charge in [-0.25, -0.2) is 4.98 Å². The first-order chi connectivity index (χ1) is 6.15. The minimum absolute atomic E-state index is 0.0275. The van der Waals surface area contributed by atoms with E-state index in [4.69, 9.17) is 10.5 Å². The first-order valence-corrected chi connectivity index (χ1v) is 5.23. The van der Waals surface area contributed by atoms with Crippen LogP contribution in [0.15, 0.2) is 5.38 Å². The highest BCUT2D eigenvalue weighted by atomic mass is 32.1. The molecular formula is C9H16N2OS. The van der Waals surface area contributed by atoms with Gasteiger partial charge in [-0.05, 0) is 6.92 Å². The van der Waals surface area contributed by atoms with Crippen LogP contribution in [0.3, 0.4) is 0 Å². The van der Waals surface area contributed by atoms with E-state index in [0.29, 0.717) is 12.5 Å². The lowest BCUT2D eigenvalue weighted by atomic mass is 10.2. The molecule has 1 rings (SSSR count). The van der Waals surface area contributed by atoms with E-state index in [-0.39, 0.29) is 6.04 Å². The summed E-state index contributed by atoms with van der Waals surface area (Å²) in [6, 6.07) is 0.0275. The largest absolute Gasteiger partial charge is 0.384 e. The Labute approximate surface area is 82.9 Å². The summed E-state index contributed by atoms with van der Waals surface area (Å²) in [6.07, 6.45) is 0. The van der Waals surface area contributed by atoms with Crippen molar-refractivity contribution in [2.45, 2.75) is 25.8 Å². The SMILES string of the molecule is COCC(C)c1nc(C(C)N)cs1. The van der Waals surface area contributed by atoms with Crippen molar-refractivity contribution in [1.82, 2.24) is 4.98 Å². The monoisotopic (exact) mass is 200 g/mol. The van der Waals surface area contributed by atoms with Crippen LogP contribution >= 0.6 is 11.3 Å². The van der Waals surface area contributed by atoms with Crippen LogP contribution in [0.5, 0.6) is 0 Å². The average molecular weight is 200 g/mol. The summed E-state index contributed by atoms with van der Waals surface area (Å²) >= 11 is 1.65. The fourth-order valence-electron chi connectivity index (χ4n) is 1.06. The lowest BCUT2D eigenvalue weighted by Gasteiger charge is -2.05. The lowest BCUT2D eigenvalue weighted by molar-refractivity contribution is 0.184. The first-order valence-electron chi connectivity index (χ1n) is 4.35. The molecule has 1 aromatic rings. The molecule has 13 heavy (non-hydrogen) atoms. The predicted octanol–water partition coefficient (Wildman–Crippen LogP) is 1.91. The molecule has 4 heteroatoms. The Morgan fingerprint density at radius 3 is 2.77 bits per heavy atom. The lowest BCUT2D eigenvalue weighted by Crippen LogP contribution is -2.06. The summed E-state index contributed by atoms with van der Waals surface area (Å²) in [5.41, 5.74) is 6.69. The fraction of sp³-hybridized carbons (Fsp3) is 0.667. The average Bonchev–Trinajstić information content (AvgIpc) is 2.52. The summed E-state index contributed by atoms with van der Waals surface area (Å²) in [7, 11) is 1.70. The van der Waals surface area contributed by atoms with Crippen LogP contribution in [0.2, 0.25) is 0 Å². The topological polar surface area (TPSA) is 48.1 Å². The third-order valence-corrected chi connectivity index (χ3v) is 2.94. The minimum Gasteiger partial charge on any atom is -0.384 e. The molecule has 2 atom stereocenters. The van der Waals surface area contributed by atoms with Crippen LogP contribution in [0.1, 0.15) is 36.5 Å². The van der Waals surface area contributed by atoms with Crippen molar-refractivity contribution >= 4 is 11.3 Å². The van der Waals surface area contributed by atoms with Gasteiger partial charge in [-0.1, -0.05) is 6.92 Å². The van der Waals surface area contributed by atoms with Gasteiger partial charge in [0.15, 0.2) is 0 Å². The smallest absolute Gasteiger partial charge is 0.0980 e. The van der Waals surface area contributed by atoms with E-state index in [1.165, 1.54) is 0 Å². The molecule has 3 nitrogen and oxygen atoms in total. The van der Waals surface area contributed by atoms with Crippen molar-refractivity contribution in [3.8, 4) is 0 Å². The Morgan fingerprint density at radius 1 is 1.62 bits per heavy atom. The molecule has 0 radical (unpaired) electrons. The van der Waals surface area contributed by atoms with Crippen molar-refractivity contribution in [3.05, 3.63) is 16.1 Å². The molecule has 0 aromatic carbocycles. The number of rotatable bonds is 4. The standard InChI is InChI=1S/C9H16N2OS/c1-6(4-12-3)9-11-8(5-13-9)7(2)10/h5-7H,4,10H2,1-3H3. The van der Waals surface area contributed by atoms with Crippen molar-refractivity contribution in [2.75, 3.05) is 13.7 Å². The van der Waals surface area contributed by atoms with Crippen LogP contribution in [0.25, 0.3) is 0 Å². The van der Waals surface area contributed by atoms with Crippen LogP contribution in [0.4, 0.5) is 0 Å². The maximum atomic E-state index is 5.71. The number of aromatic nitrogens is 1. The molecule has 74 valence electrons.